The van der Waals surface area contributed by atoms with Crippen LogP contribution in [0.25, 0.3) is 21.6 Å². The first-order valence-electron chi connectivity index (χ1n) is 8.81. The number of nitrogens with zero attached hydrogens (tertiary/aromatic N) is 2. The van der Waals surface area contributed by atoms with Crippen LogP contribution < -0.4 is 5.56 Å². The number of hydrogen-bond donors (Lipinski definition) is 2. The molecule has 0 amide bonds. The van der Waals surface area contributed by atoms with E-state index in [1.54, 1.807) is 11.3 Å². The molecule has 0 spiro atoms. The summed E-state index contributed by atoms with van der Waals surface area (Å²) in [7, 11) is 0. The second-order valence-electron chi connectivity index (χ2n) is 6.78. The van der Waals surface area contributed by atoms with Crippen molar-refractivity contribution in [3.8, 4) is 10.7 Å². The first-order chi connectivity index (χ1) is 13.2. The van der Waals surface area contributed by atoms with Crippen molar-refractivity contribution < 1.29 is 0 Å². The monoisotopic (exact) mass is 396 g/mol. The minimum absolute atomic E-state index is 0.0323. The van der Waals surface area contributed by atoms with Gasteiger partial charge in [-0.1, -0.05) is 17.7 Å². The van der Waals surface area contributed by atoms with Gasteiger partial charge < -0.3 is 9.97 Å². The van der Waals surface area contributed by atoms with Gasteiger partial charge in [-0.05, 0) is 35.2 Å². The van der Waals surface area contributed by atoms with Gasteiger partial charge in [-0.25, -0.2) is 4.98 Å². The number of hydrogen-bond acceptors (Lipinski definition) is 4. The van der Waals surface area contributed by atoms with E-state index in [0.29, 0.717) is 12.4 Å². The van der Waals surface area contributed by atoms with E-state index in [0.717, 1.165) is 51.6 Å². The topological polar surface area (TPSA) is 64.8 Å². The minimum atomic E-state index is -0.0323. The second kappa shape index (κ2) is 6.64. The van der Waals surface area contributed by atoms with Crippen LogP contribution >= 0.6 is 22.9 Å². The van der Waals surface area contributed by atoms with Gasteiger partial charge in [0.05, 0.1) is 16.1 Å². The maximum atomic E-state index is 12.6. The van der Waals surface area contributed by atoms with Gasteiger partial charge in [0.15, 0.2) is 5.82 Å². The molecule has 2 N–H and O–H groups in total. The van der Waals surface area contributed by atoms with Gasteiger partial charge in [0.25, 0.3) is 5.56 Å². The van der Waals surface area contributed by atoms with Crippen LogP contribution in [0.15, 0.2) is 46.7 Å². The van der Waals surface area contributed by atoms with E-state index >= 15 is 0 Å². The molecule has 0 radical (unpaired) electrons. The smallest absolute Gasteiger partial charge is 0.255 e. The van der Waals surface area contributed by atoms with E-state index in [-0.39, 0.29) is 5.56 Å². The molecule has 7 heteroatoms. The maximum Gasteiger partial charge on any atom is 0.255 e. The summed E-state index contributed by atoms with van der Waals surface area (Å²) in [5, 5.41) is 3.85. The van der Waals surface area contributed by atoms with Gasteiger partial charge in [0.1, 0.15) is 0 Å². The van der Waals surface area contributed by atoms with Crippen molar-refractivity contribution in [1.29, 1.82) is 0 Å². The van der Waals surface area contributed by atoms with Gasteiger partial charge in [-0.2, -0.15) is 0 Å². The molecule has 0 saturated heterocycles. The van der Waals surface area contributed by atoms with E-state index in [2.05, 4.69) is 14.9 Å². The fourth-order valence-corrected chi connectivity index (χ4v) is 4.51. The van der Waals surface area contributed by atoms with Crippen LogP contribution in [-0.4, -0.2) is 26.4 Å². The third-order valence-corrected chi connectivity index (χ3v) is 6.14. The molecule has 4 aromatic rings. The fraction of sp³-hybridized carbons (Fsp3) is 0.200. The fourth-order valence-electron chi connectivity index (χ4n) is 3.67. The normalized spacial score (nSPS) is 14.6. The van der Waals surface area contributed by atoms with Crippen molar-refractivity contribution in [2.24, 2.45) is 0 Å². The highest BCUT2D eigenvalue weighted by Crippen LogP contribution is 2.26. The third kappa shape index (κ3) is 3.10. The highest BCUT2D eigenvalue weighted by atomic mass is 35.5. The highest BCUT2D eigenvalue weighted by Gasteiger charge is 2.22. The second-order valence-corrected chi connectivity index (χ2v) is 8.17. The molecule has 5 rings (SSSR count). The summed E-state index contributed by atoms with van der Waals surface area (Å²) < 4.78 is 0. The standard InChI is InChI=1S/C20H17ClN4OS/c21-13-3-4-16-14(8-13)12(9-22-16)10-25-6-5-17-15(11-25)20(26)24-19(23-17)18-2-1-7-27-18/h1-4,7-9,22H,5-6,10-11H2,(H,23,24,26). The summed E-state index contributed by atoms with van der Waals surface area (Å²) in [6.45, 7) is 2.25. The molecule has 0 fully saturated rings. The summed E-state index contributed by atoms with van der Waals surface area (Å²) in [4.78, 5) is 26.9. The first-order valence-corrected chi connectivity index (χ1v) is 10.1. The van der Waals surface area contributed by atoms with Crippen LogP contribution in [0.1, 0.15) is 16.8 Å². The SMILES string of the molecule is O=c1[nH]c(-c2cccs2)nc2c1CN(Cc1c[nH]c3ccc(Cl)cc13)CC2. The van der Waals surface area contributed by atoms with Crippen molar-refractivity contribution in [2.75, 3.05) is 6.54 Å². The number of H-pyrrole nitrogens is 2. The van der Waals surface area contributed by atoms with Crippen molar-refractivity contribution in [2.45, 2.75) is 19.5 Å². The zero-order chi connectivity index (χ0) is 18.4. The number of benzene rings is 1. The zero-order valence-electron chi connectivity index (χ0n) is 14.5. The summed E-state index contributed by atoms with van der Waals surface area (Å²) in [6.07, 6.45) is 2.81. The number of aromatic amines is 2. The zero-order valence-corrected chi connectivity index (χ0v) is 16.0. The Balaban J connectivity index is 1.42. The predicted octanol–water partition coefficient (Wildman–Crippen LogP) is 4.19. The number of halogens is 1. The molecular formula is C20H17ClN4OS. The quantitative estimate of drug-likeness (QED) is 0.545. The number of nitrogens with one attached hydrogen (secondary N) is 2. The molecule has 0 saturated carbocycles. The average Bonchev–Trinajstić information content (AvgIpc) is 3.33. The van der Waals surface area contributed by atoms with Gasteiger partial charge >= 0.3 is 0 Å². The van der Waals surface area contributed by atoms with Crippen molar-refractivity contribution in [3.63, 3.8) is 0 Å². The Morgan fingerprint density at radius 3 is 3.07 bits per heavy atom. The van der Waals surface area contributed by atoms with E-state index < -0.39 is 0 Å². The lowest BCUT2D eigenvalue weighted by Crippen LogP contribution is -2.35. The van der Waals surface area contributed by atoms with Crippen molar-refractivity contribution >= 4 is 33.8 Å². The molecule has 0 bridgehead atoms. The number of thiophene rings is 1. The molecule has 4 heterocycles. The third-order valence-electron chi connectivity index (χ3n) is 5.03. The van der Waals surface area contributed by atoms with Crippen molar-refractivity contribution in [1.82, 2.24) is 19.9 Å². The molecule has 5 nitrogen and oxygen atoms in total. The molecule has 0 atom stereocenters. The van der Waals surface area contributed by atoms with Crippen LogP contribution in [0.3, 0.4) is 0 Å². The molecule has 0 unspecified atom stereocenters. The predicted molar refractivity (Wildman–Crippen MR) is 109 cm³/mol. The lowest BCUT2D eigenvalue weighted by atomic mass is 10.1. The Labute approximate surface area is 164 Å². The molecule has 27 heavy (non-hydrogen) atoms. The van der Waals surface area contributed by atoms with E-state index in [4.69, 9.17) is 16.6 Å². The van der Waals surface area contributed by atoms with E-state index in [1.807, 2.05) is 41.9 Å². The molecule has 0 aliphatic carbocycles. The van der Waals surface area contributed by atoms with Crippen molar-refractivity contribution in [3.05, 3.63) is 74.1 Å². The Morgan fingerprint density at radius 1 is 1.30 bits per heavy atom. The molecule has 3 aromatic heterocycles. The Hall–Kier alpha value is -2.41. The molecular weight excluding hydrogens is 380 g/mol. The number of aromatic nitrogens is 3. The number of rotatable bonds is 3. The van der Waals surface area contributed by atoms with Gasteiger partial charge in [-0.15, -0.1) is 11.3 Å². The Kier molecular flexibility index (Phi) is 4.11. The van der Waals surface area contributed by atoms with Gasteiger partial charge in [-0.3, -0.25) is 9.69 Å². The summed E-state index contributed by atoms with van der Waals surface area (Å²) >= 11 is 7.74. The van der Waals surface area contributed by atoms with Gasteiger partial charge in [0, 0.05) is 48.2 Å². The van der Waals surface area contributed by atoms with Gasteiger partial charge in [0.2, 0.25) is 0 Å². The van der Waals surface area contributed by atoms with Crippen LogP contribution in [0, 0.1) is 0 Å². The Morgan fingerprint density at radius 2 is 2.22 bits per heavy atom. The minimum Gasteiger partial charge on any atom is -0.361 e. The van der Waals surface area contributed by atoms with E-state index in [9.17, 15) is 4.79 Å². The van der Waals surface area contributed by atoms with Crippen LogP contribution in [0.4, 0.5) is 0 Å². The molecule has 1 aliphatic heterocycles. The van der Waals surface area contributed by atoms with Crippen LogP contribution in [-0.2, 0) is 19.5 Å². The highest BCUT2D eigenvalue weighted by molar-refractivity contribution is 7.13. The summed E-state index contributed by atoms with van der Waals surface area (Å²) in [5.41, 5.74) is 3.93. The lowest BCUT2D eigenvalue weighted by molar-refractivity contribution is 0.242. The van der Waals surface area contributed by atoms with Crippen LogP contribution in [0.2, 0.25) is 5.02 Å². The van der Waals surface area contributed by atoms with Crippen LogP contribution in [0.5, 0.6) is 0 Å². The molecule has 1 aliphatic rings. The summed E-state index contributed by atoms with van der Waals surface area (Å²) in [5.74, 6) is 0.675. The molecule has 1 aromatic carbocycles. The largest absolute Gasteiger partial charge is 0.361 e. The molecule has 136 valence electrons. The summed E-state index contributed by atoms with van der Waals surface area (Å²) in [6, 6.07) is 9.81. The number of fused-ring (bicyclic) bond motifs is 2. The van der Waals surface area contributed by atoms with E-state index in [1.165, 1.54) is 5.56 Å². The average molecular weight is 397 g/mol. The first kappa shape index (κ1) is 16.7. The lowest BCUT2D eigenvalue weighted by Gasteiger charge is -2.27. The maximum absolute atomic E-state index is 12.6. The Bertz CT molecular complexity index is 1180.